The van der Waals surface area contributed by atoms with Crippen LogP contribution in [0, 0.1) is 17.8 Å². The number of nitrogens with one attached hydrogen (secondary N) is 3. The fourth-order valence-corrected chi connectivity index (χ4v) is 6.40. The summed E-state index contributed by atoms with van der Waals surface area (Å²) in [4.78, 5) is 36.8. The zero-order valence-electron chi connectivity index (χ0n) is 20.2. The van der Waals surface area contributed by atoms with Crippen molar-refractivity contribution in [1.82, 2.24) is 16.0 Å². The molecule has 1 aromatic rings. The van der Waals surface area contributed by atoms with Gasteiger partial charge in [0, 0.05) is 18.6 Å². The molecule has 8 heteroatoms. The number of carbonyl (C=O) groups is 3. The monoisotopic (exact) mass is 471 g/mol. The Kier molecular flexibility index (Phi) is 7.63. The Morgan fingerprint density at radius 2 is 1.59 bits per heavy atom. The van der Waals surface area contributed by atoms with Crippen molar-refractivity contribution in [3.05, 3.63) is 29.8 Å². The Morgan fingerprint density at radius 3 is 2.18 bits per heavy atom. The standard InChI is InChI=1S/C26H37N3O5/c1-17(24(31)27-9-7-18-3-5-22(33-2)6-4-18)34-23(30)8-10-28-25(32)29-26-14-19-11-20(15-26)13-21(12-19)16-26/h3-6,17,19-21H,7-16H2,1-2H3,(H,27,31)(H2,28,29,32). The largest absolute Gasteiger partial charge is 0.497 e. The summed E-state index contributed by atoms with van der Waals surface area (Å²) in [6.07, 6.45) is 7.02. The van der Waals surface area contributed by atoms with Crippen LogP contribution >= 0.6 is 0 Å². The van der Waals surface area contributed by atoms with Gasteiger partial charge in [-0.05, 0) is 87.3 Å². The molecule has 5 rings (SSSR count). The molecule has 186 valence electrons. The van der Waals surface area contributed by atoms with Gasteiger partial charge in [0.2, 0.25) is 0 Å². The summed E-state index contributed by atoms with van der Waals surface area (Å²) in [5.41, 5.74) is 1.02. The Hall–Kier alpha value is -2.77. The molecular weight excluding hydrogens is 434 g/mol. The SMILES string of the molecule is COc1ccc(CCNC(=O)C(C)OC(=O)CCNC(=O)NC23CC4CC(CC(C4)C2)C3)cc1. The number of urea groups is 1. The van der Waals surface area contributed by atoms with Gasteiger partial charge in [-0.3, -0.25) is 9.59 Å². The summed E-state index contributed by atoms with van der Waals surface area (Å²) in [6.45, 7) is 2.18. The highest BCUT2D eigenvalue weighted by Crippen LogP contribution is 2.55. The quantitative estimate of drug-likeness (QED) is 0.455. The lowest BCUT2D eigenvalue weighted by Gasteiger charge is -2.56. The van der Waals surface area contributed by atoms with Crippen molar-refractivity contribution in [2.24, 2.45) is 17.8 Å². The number of carbonyl (C=O) groups excluding carboxylic acids is 3. The second-order valence-corrected chi connectivity index (χ2v) is 10.3. The van der Waals surface area contributed by atoms with Gasteiger partial charge in [0.1, 0.15) is 5.75 Å². The zero-order valence-corrected chi connectivity index (χ0v) is 20.2. The molecule has 4 aliphatic carbocycles. The summed E-state index contributed by atoms with van der Waals surface area (Å²) < 4.78 is 10.4. The van der Waals surface area contributed by atoms with E-state index in [4.69, 9.17) is 9.47 Å². The molecule has 1 unspecified atom stereocenters. The van der Waals surface area contributed by atoms with Crippen molar-refractivity contribution in [2.75, 3.05) is 20.2 Å². The molecule has 4 aliphatic rings. The predicted octanol–water partition coefficient (Wildman–Crippen LogP) is 2.94. The molecular formula is C26H37N3O5. The van der Waals surface area contributed by atoms with Gasteiger partial charge in [0.15, 0.2) is 6.10 Å². The van der Waals surface area contributed by atoms with E-state index in [0.717, 1.165) is 48.3 Å². The topological polar surface area (TPSA) is 106 Å². The molecule has 3 N–H and O–H groups in total. The lowest BCUT2D eigenvalue weighted by atomic mass is 9.53. The van der Waals surface area contributed by atoms with Crippen molar-refractivity contribution < 1.29 is 23.9 Å². The van der Waals surface area contributed by atoms with Gasteiger partial charge >= 0.3 is 12.0 Å². The van der Waals surface area contributed by atoms with Crippen LogP contribution in [0.2, 0.25) is 0 Å². The molecule has 0 aliphatic heterocycles. The van der Waals surface area contributed by atoms with E-state index in [-0.39, 0.29) is 30.4 Å². The first-order valence-corrected chi connectivity index (χ1v) is 12.5. The number of amides is 3. The molecule has 34 heavy (non-hydrogen) atoms. The third-order valence-corrected chi connectivity index (χ3v) is 7.58. The number of methoxy groups -OCH3 is 1. The highest BCUT2D eigenvalue weighted by molar-refractivity contribution is 5.83. The Bertz CT molecular complexity index is 850. The van der Waals surface area contributed by atoms with E-state index in [9.17, 15) is 14.4 Å². The van der Waals surface area contributed by atoms with E-state index in [1.54, 1.807) is 14.0 Å². The number of esters is 1. The fourth-order valence-electron chi connectivity index (χ4n) is 6.40. The van der Waals surface area contributed by atoms with Crippen molar-refractivity contribution in [2.45, 2.75) is 69.9 Å². The van der Waals surface area contributed by atoms with Crippen LogP contribution in [-0.2, 0) is 20.7 Å². The first kappa shape index (κ1) is 24.4. The maximum absolute atomic E-state index is 12.5. The first-order valence-electron chi connectivity index (χ1n) is 12.5. The molecule has 8 nitrogen and oxygen atoms in total. The van der Waals surface area contributed by atoms with E-state index in [2.05, 4.69) is 16.0 Å². The minimum Gasteiger partial charge on any atom is -0.497 e. The van der Waals surface area contributed by atoms with Crippen molar-refractivity contribution >= 4 is 17.9 Å². The van der Waals surface area contributed by atoms with Gasteiger partial charge in [0.25, 0.3) is 5.91 Å². The number of ether oxygens (including phenoxy) is 2. The second-order valence-electron chi connectivity index (χ2n) is 10.3. The summed E-state index contributed by atoms with van der Waals surface area (Å²) in [5.74, 6) is 2.21. The van der Waals surface area contributed by atoms with Gasteiger partial charge in [0.05, 0.1) is 13.5 Å². The van der Waals surface area contributed by atoms with Gasteiger partial charge in [-0.2, -0.15) is 0 Å². The Morgan fingerprint density at radius 1 is 0.971 bits per heavy atom. The van der Waals surface area contributed by atoms with Gasteiger partial charge in [-0.1, -0.05) is 12.1 Å². The van der Waals surface area contributed by atoms with Gasteiger partial charge in [-0.15, -0.1) is 0 Å². The Balaban J connectivity index is 1.10. The van der Waals surface area contributed by atoms with Crippen LogP contribution in [0.3, 0.4) is 0 Å². The highest BCUT2D eigenvalue weighted by Gasteiger charge is 2.51. The van der Waals surface area contributed by atoms with Gasteiger partial charge < -0.3 is 25.4 Å². The molecule has 1 atom stereocenters. The van der Waals surface area contributed by atoms with E-state index < -0.39 is 12.1 Å². The van der Waals surface area contributed by atoms with Crippen molar-refractivity contribution in [1.29, 1.82) is 0 Å². The van der Waals surface area contributed by atoms with Crippen LogP contribution in [-0.4, -0.2) is 49.7 Å². The molecule has 1 aromatic carbocycles. The molecule has 4 fully saturated rings. The summed E-state index contributed by atoms with van der Waals surface area (Å²) in [6, 6.07) is 7.43. The molecule has 0 heterocycles. The summed E-state index contributed by atoms with van der Waals surface area (Å²) >= 11 is 0. The Labute approximate surface area is 201 Å². The number of hydrogen-bond acceptors (Lipinski definition) is 5. The van der Waals surface area contributed by atoms with Crippen LogP contribution in [0.25, 0.3) is 0 Å². The molecule has 4 saturated carbocycles. The van der Waals surface area contributed by atoms with E-state index >= 15 is 0 Å². The molecule has 4 bridgehead atoms. The number of hydrogen-bond donors (Lipinski definition) is 3. The third kappa shape index (κ3) is 6.21. The summed E-state index contributed by atoms with van der Waals surface area (Å²) in [5, 5.41) is 8.80. The number of benzene rings is 1. The third-order valence-electron chi connectivity index (χ3n) is 7.58. The molecule has 0 saturated heterocycles. The zero-order chi connectivity index (χ0) is 24.1. The van der Waals surface area contributed by atoms with Crippen molar-refractivity contribution in [3.63, 3.8) is 0 Å². The maximum Gasteiger partial charge on any atom is 0.315 e. The highest BCUT2D eigenvalue weighted by atomic mass is 16.5. The minimum absolute atomic E-state index is 0.0256. The number of rotatable bonds is 10. The predicted molar refractivity (Wildman–Crippen MR) is 127 cm³/mol. The maximum atomic E-state index is 12.5. The van der Waals surface area contributed by atoms with Crippen LogP contribution in [0.4, 0.5) is 4.79 Å². The fraction of sp³-hybridized carbons (Fsp3) is 0.654. The molecule has 0 radical (unpaired) electrons. The van der Waals surface area contributed by atoms with E-state index in [1.165, 1.54) is 19.3 Å². The van der Waals surface area contributed by atoms with Crippen LogP contribution in [0.5, 0.6) is 5.75 Å². The average molecular weight is 472 g/mol. The lowest BCUT2D eigenvalue weighted by molar-refractivity contribution is -0.154. The smallest absolute Gasteiger partial charge is 0.315 e. The van der Waals surface area contributed by atoms with Gasteiger partial charge in [-0.25, -0.2) is 4.79 Å². The molecule has 3 amide bonds. The van der Waals surface area contributed by atoms with Crippen LogP contribution in [0.1, 0.15) is 57.4 Å². The van der Waals surface area contributed by atoms with Crippen LogP contribution < -0.4 is 20.7 Å². The van der Waals surface area contributed by atoms with Crippen molar-refractivity contribution in [3.8, 4) is 5.75 Å². The van der Waals surface area contributed by atoms with Crippen LogP contribution in [0.15, 0.2) is 24.3 Å². The first-order chi connectivity index (χ1) is 16.3. The minimum atomic E-state index is -0.885. The van der Waals surface area contributed by atoms with E-state index in [1.807, 2.05) is 24.3 Å². The summed E-state index contributed by atoms with van der Waals surface area (Å²) in [7, 11) is 1.62. The van der Waals surface area contributed by atoms with E-state index in [0.29, 0.717) is 13.0 Å². The lowest BCUT2D eigenvalue weighted by Crippen LogP contribution is -2.61. The average Bonchev–Trinajstić information content (AvgIpc) is 2.78. The molecule has 0 aromatic heterocycles. The second kappa shape index (κ2) is 10.7. The molecule has 0 spiro atoms. The normalized spacial score (nSPS) is 27.5.